The fraction of sp³-hybridized carbons (Fsp3) is 0.500. The van der Waals surface area contributed by atoms with E-state index in [1.165, 1.54) is 0 Å². The van der Waals surface area contributed by atoms with Crippen molar-refractivity contribution < 1.29 is 9.90 Å². The van der Waals surface area contributed by atoms with Crippen LogP contribution in [0.3, 0.4) is 0 Å². The summed E-state index contributed by atoms with van der Waals surface area (Å²) >= 11 is 0. The zero-order valence-corrected chi connectivity index (χ0v) is 7.97. The highest BCUT2D eigenvalue weighted by molar-refractivity contribution is 5.72. The monoisotopic (exact) mass is 181 g/mol. The van der Waals surface area contributed by atoms with E-state index in [4.69, 9.17) is 5.11 Å². The molecule has 1 heterocycles. The zero-order chi connectivity index (χ0) is 9.84. The van der Waals surface area contributed by atoms with E-state index < -0.39 is 12.0 Å². The Morgan fingerprint density at radius 1 is 1.46 bits per heavy atom. The quantitative estimate of drug-likeness (QED) is 0.773. The Morgan fingerprint density at radius 3 is 2.38 bits per heavy atom. The summed E-state index contributed by atoms with van der Waals surface area (Å²) in [5.74, 6) is -0.601. The molecule has 0 fully saturated rings. The van der Waals surface area contributed by atoms with Gasteiger partial charge in [-0.2, -0.15) is 0 Å². The third kappa shape index (κ3) is 2.11. The molecular weight excluding hydrogens is 166 g/mol. The van der Waals surface area contributed by atoms with E-state index in [0.29, 0.717) is 0 Å². The average Bonchev–Trinajstić information content (AvgIpc) is 2.56. The number of rotatable bonds is 4. The molecule has 72 valence electrons. The Labute approximate surface area is 78.0 Å². The van der Waals surface area contributed by atoms with E-state index in [1.54, 1.807) is 17.0 Å². The van der Waals surface area contributed by atoms with Crippen LogP contribution in [0.15, 0.2) is 24.5 Å². The van der Waals surface area contributed by atoms with Crippen LogP contribution in [0.2, 0.25) is 0 Å². The van der Waals surface area contributed by atoms with Crippen molar-refractivity contribution in [2.75, 3.05) is 0 Å². The lowest BCUT2D eigenvalue weighted by Gasteiger charge is -2.20. The summed E-state index contributed by atoms with van der Waals surface area (Å²) in [6.07, 6.45) is 4.46. The standard InChI is InChI=1S/C10H15NO2/c1-3-8(2)9(10(12)13)11-6-4-5-7-11/h4-9H,3H2,1-2H3,(H,12,13). The highest BCUT2D eigenvalue weighted by Crippen LogP contribution is 2.21. The van der Waals surface area contributed by atoms with E-state index in [-0.39, 0.29) is 5.92 Å². The van der Waals surface area contributed by atoms with Crippen molar-refractivity contribution in [3.8, 4) is 0 Å². The van der Waals surface area contributed by atoms with Gasteiger partial charge in [-0.25, -0.2) is 4.79 Å². The van der Waals surface area contributed by atoms with Gasteiger partial charge in [-0.3, -0.25) is 0 Å². The number of carbonyl (C=O) groups is 1. The summed E-state index contributed by atoms with van der Waals surface area (Å²) < 4.78 is 1.75. The first-order valence-electron chi connectivity index (χ1n) is 4.52. The summed E-state index contributed by atoms with van der Waals surface area (Å²) in [6.45, 7) is 3.96. The van der Waals surface area contributed by atoms with Gasteiger partial charge in [-0.15, -0.1) is 0 Å². The molecule has 1 N–H and O–H groups in total. The number of aliphatic carboxylic acids is 1. The molecule has 2 unspecified atom stereocenters. The maximum Gasteiger partial charge on any atom is 0.326 e. The normalized spacial score (nSPS) is 15.2. The highest BCUT2D eigenvalue weighted by atomic mass is 16.4. The molecule has 3 nitrogen and oxygen atoms in total. The van der Waals surface area contributed by atoms with Crippen LogP contribution in [0, 0.1) is 5.92 Å². The van der Waals surface area contributed by atoms with E-state index >= 15 is 0 Å². The van der Waals surface area contributed by atoms with E-state index in [9.17, 15) is 4.79 Å². The van der Waals surface area contributed by atoms with Crippen LogP contribution in [0.1, 0.15) is 26.3 Å². The molecule has 0 amide bonds. The van der Waals surface area contributed by atoms with Crippen molar-refractivity contribution in [2.45, 2.75) is 26.3 Å². The van der Waals surface area contributed by atoms with E-state index in [1.807, 2.05) is 26.0 Å². The van der Waals surface area contributed by atoms with Gasteiger partial charge in [0.25, 0.3) is 0 Å². The van der Waals surface area contributed by atoms with E-state index in [0.717, 1.165) is 6.42 Å². The lowest BCUT2D eigenvalue weighted by atomic mass is 9.99. The molecule has 0 aliphatic rings. The second-order valence-electron chi connectivity index (χ2n) is 3.30. The first-order valence-corrected chi connectivity index (χ1v) is 4.52. The van der Waals surface area contributed by atoms with Gasteiger partial charge in [0.1, 0.15) is 6.04 Å². The molecule has 3 heteroatoms. The first kappa shape index (κ1) is 9.84. The zero-order valence-electron chi connectivity index (χ0n) is 7.97. The summed E-state index contributed by atoms with van der Waals surface area (Å²) in [7, 11) is 0. The topological polar surface area (TPSA) is 42.2 Å². The molecule has 0 aliphatic heterocycles. The number of hydrogen-bond acceptors (Lipinski definition) is 1. The molecule has 0 radical (unpaired) electrons. The SMILES string of the molecule is CCC(C)C(C(=O)O)n1cccc1. The lowest BCUT2D eigenvalue weighted by Crippen LogP contribution is -2.24. The van der Waals surface area contributed by atoms with Gasteiger partial charge in [0, 0.05) is 12.4 Å². The third-order valence-corrected chi connectivity index (χ3v) is 2.38. The maximum absolute atomic E-state index is 11.0. The Hall–Kier alpha value is -1.25. The van der Waals surface area contributed by atoms with Crippen LogP contribution >= 0.6 is 0 Å². The van der Waals surface area contributed by atoms with Crippen molar-refractivity contribution in [2.24, 2.45) is 5.92 Å². The maximum atomic E-state index is 11.0. The second kappa shape index (κ2) is 4.12. The summed E-state index contributed by atoms with van der Waals surface area (Å²) in [6, 6.07) is 3.26. The fourth-order valence-corrected chi connectivity index (χ4v) is 1.42. The van der Waals surface area contributed by atoms with Crippen LogP contribution in [0.4, 0.5) is 0 Å². The van der Waals surface area contributed by atoms with Gasteiger partial charge in [0.15, 0.2) is 0 Å². The Kier molecular flexibility index (Phi) is 3.12. The second-order valence-corrected chi connectivity index (χ2v) is 3.30. The minimum absolute atomic E-state index is 0.157. The van der Waals surface area contributed by atoms with Crippen molar-refractivity contribution in [1.82, 2.24) is 4.57 Å². The molecule has 0 saturated carbocycles. The molecule has 0 bridgehead atoms. The minimum Gasteiger partial charge on any atom is -0.480 e. The number of carboxylic acids is 1. The molecule has 1 rings (SSSR count). The number of carboxylic acid groups (broad SMARTS) is 1. The minimum atomic E-state index is -0.759. The van der Waals surface area contributed by atoms with Gasteiger partial charge < -0.3 is 9.67 Å². The van der Waals surface area contributed by atoms with Crippen LogP contribution in [-0.2, 0) is 4.79 Å². The van der Waals surface area contributed by atoms with Crippen molar-refractivity contribution >= 4 is 5.97 Å². The molecule has 13 heavy (non-hydrogen) atoms. The highest BCUT2D eigenvalue weighted by Gasteiger charge is 2.23. The number of nitrogens with zero attached hydrogens (tertiary/aromatic N) is 1. The summed E-state index contributed by atoms with van der Waals surface area (Å²) in [4.78, 5) is 11.0. The molecule has 0 saturated heterocycles. The molecule has 2 atom stereocenters. The smallest absolute Gasteiger partial charge is 0.326 e. The van der Waals surface area contributed by atoms with Crippen molar-refractivity contribution in [1.29, 1.82) is 0 Å². The van der Waals surface area contributed by atoms with Crippen LogP contribution in [-0.4, -0.2) is 15.6 Å². The molecule has 0 spiro atoms. The van der Waals surface area contributed by atoms with Crippen LogP contribution in [0.25, 0.3) is 0 Å². The van der Waals surface area contributed by atoms with Gasteiger partial charge in [0.2, 0.25) is 0 Å². The Bertz CT molecular complexity index is 266. The molecular formula is C10H15NO2. The van der Waals surface area contributed by atoms with Crippen molar-refractivity contribution in [3.05, 3.63) is 24.5 Å². The molecule has 0 aliphatic carbocycles. The van der Waals surface area contributed by atoms with Crippen LogP contribution < -0.4 is 0 Å². The molecule has 0 aromatic carbocycles. The number of aromatic nitrogens is 1. The largest absolute Gasteiger partial charge is 0.480 e. The van der Waals surface area contributed by atoms with Gasteiger partial charge in [-0.05, 0) is 18.1 Å². The third-order valence-electron chi connectivity index (χ3n) is 2.38. The summed E-state index contributed by atoms with van der Waals surface area (Å²) in [5.41, 5.74) is 0. The van der Waals surface area contributed by atoms with Gasteiger partial charge in [0.05, 0.1) is 0 Å². The fourth-order valence-electron chi connectivity index (χ4n) is 1.42. The first-order chi connectivity index (χ1) is 6.16. The Morgan fingerprint density at radius 2 is 2.00 bits per heavy atom. The van der Waals surface area contributed by atoms with Crippen molar-refractivity contribution in [3.63, 3.8) is 0 Å². The number of hydrogen-bond donors (Lipinski definition) is 1. The van der Waals surface area contributed by atoms with Crippen LogP contribution in [0.5, 0.6) is 0 Å². The summed E-state index contributed by atoms with van der Waals surface area (Å²) in [5, 5.41) is 9.03. The van der Waals surface area contributed by atoms with Gasteiger partial charge >= 0.3 is 5.97 Å². The predicted octanol–water partition coefficient (Wildman–Crippen LogP) is 2.16. The van der Waals surface area contributed by atoms with E-state index in [2.05, 4.69) is 0 Å². The Balaban J connectivity index is 2.87. The van der Waals surface area contributed by atoms with Gasteiger partial charge in [-0.1, -0.05) is 20.3 Å². The average molecular weight is 181 g/mol. The molecule has 1 aromatic heterocycles. The predicted molar refractivity (Wildman–Crippen MR) is 50.6 cm³/mol. The lowest BCUT2D eigenvalue weighted by molar-refractivity contribution is -0.142. The molecule has 1 aromatic rings.